The normalized spacial score (nSPS) is 9.86. The molecule has 0 aliphatic carbocycles. The van der Waals surface area contributed by atoms with E-state index in [0.717, 1.165) is 23.0 Å². The topological polar surface area (TPSA) is 42.0 Å². The number of pyridine rings is 1. The zero-order chi connectivity index (χ0) is 10.4. The van der Waals surface area contributed by atoms with Crippen LogP contribution in [0.15, 0.2) is 22.9 Å². The summed E-state index contributed by atoms with van der Waals surface area (Å²) in [6.45, 7) is 2.06. The van der Waals surface area contributed by atoms with E-state index in [-0.39, 0.29) is 5.91 Å². The molecule has 0 saturated heterocycles. The molecule has 1 N–H and O–H groups in total. The number of nitrogens with zero attached hydrogens (tertiary/aromatic N) is 1. The molecule has 14 heavy (non-hydrogen) atoms. The molecule has 1 aromatic heterocycles. The third-order valence-electron chi connectivity index (χ3n) is 1.75. The monoisotopic (exact) mass is 256 g/mol. The predicted molar refractivity (Wildman–Crippen MR) is 60.1 cm³/mol. The number of unbranched alkanes of at least 4 members (excludes halogenated alkanes) is 1. The van der Waals surface area contributed by atoms with Crippen LogP contribution in [0.2, 0.25) is 0 Å². The predicted octanol–water partition coefficient (Wildman–Crippen LogP) is 2.97. The number of carbonyl (C=O) groups excluding carboxylic acids is 1. The summed E-state index contributed by atoms with van der Waals surface area (Å²) in [5, 5.41) is 2.79. The Labute approximate surface area is 92.1 Å². The average Bonchev–Trinajstić information content (AvgIpc) is 2.15. The van der Waals surface area contributed by atoms with E-state index in [1.807, 2.05) is 6.07 Å². The van der Waals surface area contributed by atoms with Crippen molar-refractivity contribution in [1.82, 2.24) is 4.98 Å². The highest BCUT2D eigenvalue weighted by Crippen LogP contribution is 2.13. The van der Waals surface area contributed by atoms with Crippen LogP contribution in [-0.4, -0.2) is 10.9 Å². The maximum Gasteiger partial charge on any atom is 0.224 e. The number of hydrogen-bond donors (Lipinski definition) is 1. The average molecular weight is 257 g/mol. The molecule has 0 bridgehead atoms. The quantitative estimate of drug-likeness (QED) is 0.900. The molecule has 0 aliphatic heterocycles. The minimum absolute atomic E-state index is 0.0479. The molecule has 1 heterocycles. The Kier molecular flexibility index (Phi) is 4.59. The molecule has 4 heteroatoms. The second kappa shape index (κ2) is 5.75. The van der Waals surface area contributed by atoms with Gasteiger partial charge in [-0.3, -0.25) is 9.78 Å². The van der Waals surface area contributed by atoms with Crippen LogP contribution in [0.4, 0.5) is 5.69 Å². The van der Waals surface area contributed by atoms with Crippen LogP contribution < -0.4 is 5.32 Å². The number of halogens is 1. The zero-order valence-corrected chi connectivity index (χ0v) is 9.67. The minimum atomic E-state index is 0.0479. The van der Waals surface area contributed by atoms with Crippen molar-refractivity contribution >= 4 is 27.5 Å². The number of carbonyl (C=O) groups is 1. The highest BCUT2D eigenvalue weighted by Gasteiger charge is 2.01. The third-order valence-corrected chi connectivity index (χ3v) is 2.18. The molecular formula is C10H13BrN2O. The summed E-state index contributed by atoms with van der Waals surface area (Å²) in [7, 11) is 0. The van der Waals surface area contributed by atoms with Crippen LogP contribution in [0, 0.1) is 0 Å². The van der Waals surface area contributed by atoms with E-state index in [1.54, 1.807) is 12.4 Å². The van der Waals surface area contributed by atoms with E-state index in [1.165, 1.54) is 0 Å². The van der Waals surface area contributed by atoms with E-state index in [0.29, 0.717) is 6.42 Å². The molecule has 0 aromatic carbocycles. The molecule has 3 nitrogen and oxygen atoms in total. The van der Waals surface area contributed by atoms with Gasteiger partial charge in [0.05, 0.1) is 11.9 Å². The first-order valence-electron chi connectivity index (χ1n) is 4.62. The Morgan fingerprint density at radius 1 is 1.57 bits per heavy atom. The number of rotatable bonds is 4. The lowest BCUT2D eigenvalue weighted by molar-refractivity contribution is -0.116. The molecule has 1 amide bonds. The standard InChI is InChI=1S/C10H13BrN2O/c1-2-3-4-10(14)13-9-5-8(11)6-12-7-9/h5-7H,2-4H2,1H3,(H,13,14). The van der Waals surface area contributed by atoms with Crippen molar-refractivity contribution in [2.45, 2.75) is 26.2 Å². The molecule has 1 aromatic rings. The van der Waals surface area contributed by atoms with Gasteiger partial charge in [0.25, 0.3) is 0 Å². The summed E-state index contributed by atoms with van der Waals surface area (Å²) in [6.07, 6.45) is 5.84. The first kappa shape index (κ1) is 11.2. The van der Waals surface area contributed by atoms with Gasteiger partial charge >= 0.3 is 0 Å². The summed E-state index contributed by atoms with van der Waals surface area (Å²) in [6, 6.07) is 1.83. The van der Waals surface area contributed by atoms with Crippen LogP contribution in [-0.2, 0) is 4.79 Å². The molecule has 0 spiro atoms. The molecule has 0 saturated carbocycles. The van der Waals surface area contributed by atoms with Gasteiger partial charge in [-0.25, -0.2) is 0 Å². The molecule has 1 rings (SSSR count). The van der Waals surface area contributed by atoms with Gasteiger partial charge in [0.2, 0.25) is 5.91 Å². The maximum atomic E-state index is 11.3. The SMILES string of the molecule is CCCCC(=O)Nc1cncc(Br)c1. The lowest BCUT2D eigenvalue weighted by Gasteiger charge is -2.03. The second-order valence-electron chi connectivity index (χ2n) is 3.04. The van der Waals surface area contributed by atoms with Crippen LogP contribution >= 0.6 is 15.9 Å². The largest absolute Gasteiger partial charge is 0.325 e. The Morgan fingerprint density at radius 3 is 3.00 bits per heavy atom. The van der Waals surface area contributed by atoms with Gasteiger partial charge in [-0.1, -0.05) is 13.3 Å². The Hall–Kier alpha value is -0.900. The van der Waals surface area contributed by atoms with Gasteiger partial charge < -0.3 is 5.32 Å². The summed E-state index contributed by atoms with van der Waals surface area (Å²) in [5.74, 6) is 0.0479. The molecule has 0 radical (unpaired) electrons. The number of anilines is 1. The first-order valence-corrected chi connectivity index (χ1v) is 5.42. The summed E-state index contributed by atoms with van der Waals surface area (Å²) in [4.78, 5) is 15.3. The minimum Gasteiger partial charge on any atom is -0.325 e. The van der Waals surface area contributed by atoms with Crippen LogP contribution in [0.3, 0.4) is 0 Å². The fourth-order valence-electron chi connectivity index (χ4n) is 1.04. The fourth-order valence-corrected chi connectivity index (χ4v) is 1.41. The summed E-state index contributed by atoms with van der Waals surface area (Å²) < 4.78 is 0.866. The van der Waals surface area contributed by atoms with Crippen molar-refractivity contribution in [3.05, 3.63) is 22.9 Å². The number of hydrogen-bond acceptors (Lipinski definition) is 2. The Balaban J connectivity index is 2.47. The lowest BCUT2D eigenvalue weighted by Crippen LogP contribution is -2.10. The van der Waals surface area contributed by atoms with Gasteiger partial charge in [0.15, 0.2) is 0 Å². The van der Waals surface area contributed by atoms with Gasteiger partial charge in [-0.15, -0.1) is 0 Å². The molecular weight excluding hydrogens is 244 g/mol. The van der Waals surface area contributed by atoms with E-state index >= 15 is 0 Å². The van der Waals surface area contributed by atoms with Crippen molar-refractivity contribution in [2.24, 2.45) is 0 Å². The second-order valence-corrected chi connectivity index (χ2v) is 3.96. The third kappa shape index (κ3) is 3.87. The van der Waals surface area contributed by atoms with Crippen LogP contribution in [0.25, 0.3) is 0 Å². The van der Waals surface area contributed by atoms with Crippen LogP contribution in [0.1, 0.15) is 26.2 Å². The molecule has 76 valence electrons. The van der Waals surface area contributed by atoms with Gasteiger partial charge in [-0.2, -0.15) is 0 Å². The van der Waals surface area contributed by atoms with Gasteiger partial charge in [0.1, 0.15) is 0 Å². The molecule has 0 fully saturated rings. The summed E-state index contributed by atoms with van der Waals surface area (Å²) >= 11 is 3.29. The van der Waals surface area contributed by atoms with Crippen molar-refractivity contribution < 1.29 is 4.79 Å². The fraction of sp³-hybridized carbons (Fsp3) is 0.400. The van der Waals surface area contributed by atoms with Crippen molar-refractivity contribution in [3.8, 4) is 0 Å². The van der Waals surface area contributed by atoms with Gasteiger partial charge in [-0.05, 0) is 28.4 Å². The zero-order valence-electron chi connectivity index (χ0n) is 8.09. The molecule has 0 aliphatic rings. The van der Waals surface area contributed by atoms with Crippen molar-refractivity contribution in [3.63, 3.8) is 0 Å². The number of amides is 1. The maximum absolute atomic E-state index is 11.3. The van der Waals surface area contributed by atoms with E-state index in [2.05, 4.69) is 33.2 Å². The van der Waals surface area contributed by atoms with Crippen molar-refractivity contribution in [1.29, 1.82) is 0 Å². The van der Waals surface area contributed by atoms with Crippen LogP contribution in [0.5, 0.6) is 0 Å². The van der Waals surface area contributed by atoms with E-state index in [9.17, 15) is 4.79 Å². The van der Waals surface area contributed by atoms with Crippen molar-refractivity contribution in [2.75, 3.05) is 5.32 Å². The molecule has 0 atom stereocenters. The van der Waals surface area contributed by atoms with E-state index < -0.39 is 0 Å². The Morgan fingerprint density at radius 2 is 2.36 bits per heavy atom. The highest BCUT2D eigenvalue weighted by atomic mass is 79.9. The highest BCUT2D eigenvalue weighted by molar-refractivity contribution is 9.10. The lowest BCUT2D eigenvalue weighted by atomic mass is 10.2. The number of nitrogens with one attached hydrogen (secondary N) is 1. The van der Waals surface area contributed by atoms with Gasteiger partial charge in [0, 0.05) is 17.1 Å². The molecule has 0 unspecified atom stereocenters. The van der Waals surface area contributed by atoms with E-state index in [4.69, 9.17) is 0 Å². The smallest absolute Gasteiger partial charge is 0.224 e. The Bertz CT molecular complexity index is 315. The number of aromatic nitrogens is 1. The summed E-state index contributed by atoms with van der Waals surface area (Å²) in [5.41, 5.74) is 0.737. The first-order chi connectivity index (χ1) is 6.72.